The number of benzene rings is 1. The summed E-state index contributed by atoms with van der Waals surface area (Å²) >= 11 is 0. The predicted molar refractivity (Wildman–Crippen MR) is 93.4 cm³/mol. The number of carbonyl (C=O) groups is 3. The molecule has 0 radical (unpaired) electrons. The summed E-state index contributed by atoms with van der Waals surface area (Å²) in [5.41, 5.74) is 1.28. The van der Waals surface area contributed by atoms with Crippen LogP contribution in [0.15, 0.2) is 30.5 Å². The fraction of sp³-hybridized carbons (Fsp3) is 0.353. The number of carbonyl (C=O) groups excluding carboxylic acids is 2. The Hall–Kier alpha value is -3.23. The maximum absolute atomic E-state index is 11.9. The zero-order chi connectivity index (χ0) is 19.1. The van der Waals surface area contributed by atoms with Crippen LogP contribution in [-0.2, 0) is 22.7 Å². The first-order chi connectivity index (χ1) is 12.4. The number of nitrogens with one attached hydrogen (secondary N) is 2. The third-order valence-corrected chi connectivity index (χ3v) is 3.81. The van der Waals surface area contributed by atoms with Gasteiger partial charge in [-0.15, -0.1) is 5.10 Å². The number of carboxylic acid groups (broad SMARTS) is 1. The van der Waals surface area contributed by atoms with Crippen molar-refractivity contribution < 1.29 is 19.5 Å². The highest BCUT2D eigenvalue weighted by Crippen LogP contribution is 2.13. The van der Waals surface area contributed by atoms with Crippen LogP contribution in [0.5, 0.6) is 0 Å². The summed E-state index contributed by atoms with van der Waals surface area (Å²) in [7, 11) is 0. The number of anilines is 1. The second-order valence-electron chi connectivity index (χ2n) is 5.88. The quantitative estimate of drug-likeness (QED) is 0.652. The van der Waals surface area contributed by atoms with Gasteiger partial charge < -0.3 is 15.7 Å². The number of carboxylic acids is 1. The smallest absolute Gasteiger partial charge is 0.358 e. The van der Waals surface area contributed by atoms with E-state index in [1.54, 1.807) is 18.2 Å². The molecular weight excluding hydrogens is 338 g/mol. The van der Waals surface area contributed by atoms with Crippen LogP contribution in [0.4, 0.5) is 5.69 Å². The van der Waals surface area contributed by atoms with E-state index in [0.717, 1.165) is 16.7 Å². The molecule has 0 fully saturated rings. The van der Waals surface area contributed by atoms with Crippen LogP contribution in [0, 0.1) is 5.92 Å². The Kier molecular flexibility index (Phi) is 6.42. The van der Waals surface area contributed by atoms with Gasteiger partial charge in [0.1, 0.15) is 6.54 Å². The molecule has 0 spiro atoms. The fourth-order valence-electron chi connectivity index (χ4n) is 2.09. The molecule has 0 saturated heterocycles. The van der Waals surface area contributed by atoms with E-state index < -0.39 is 5.97 Å². The number of hydrogen-bond donors (Lipinski definition) is 3. The zero-order valence-corrected chi connectivity index (χ0v) is 14.6. The van der Waals surface area contributed by atoms with Crippen molar-refractivity contribution in [2.75, 3.05) is 5.32 Å². The van der Waals surface area contributed by atoms with E-state index in [1.807, 2.05) is 19.9 Å². The summed E-state index contributed by atoms with van der Waals surface area (Å²) in [4.78, 5) is 34.6. The Morgan fingerprint density at radius 2 is 2.08 bits per heavy atom. The lowest BCUT2D eigenvalue weighted by Gasteiger charge is -2.11. The molecule has 0 aliphatic heterocycles. The van der Waals surface area contributed by atoms with Gasteiger partial charge >= 0.3 is 5.97 Å². The van der Waals surface area contributed by atoms with Crippen LogP contribution in [-0.4, -0.2) is 37.9 Å². The van der Waals surface area contributed by atoms with Crippen LogP contribution in [0.1, 0.15) is 36.3 Å². The van der Waals surface area contributed by atoms with Gasteiger partial charge in [0.15, 0.2) is 5.69 Å². The van der Waals surface area contributed by atoms with Gasteiger partial charge in [-0.05, 0) is 24.1 Å². The first kappa shape index (κ1) is 19.1. The highest BCUT2D eigenvalue weighted by atomic mass is 16.4. The van der Waals surface area contributed by atoms with E-state index >= 15 is 0 Å². The monoisotopic (exact) mass is 359 g/mol. The summed E-state index contributed by atoms with van der Waals surface area (Å²) in [6, 6.07) is 7.20. The molecule has 26 heavy (non-hydrogen) atoms. The summed E-state index contributed by atoms with van der Waals surface area (Å²) < 4.78 is 1.15. The largest absolute Gasteiger partial charge is 0.476 e. The van der Waals surface area contributed by atoms with Crippen molar-refractivity contribution in [1.29, 1.82) is 0 Å². The fourth-order valence-corrected chi connectivity index (χ4v) is 2.09. The molecule has 0 saturated carbocycles. The molecule has 1 aromatic heterocycles. The SMILES string of the molecule is CCC(C)C(=O)Nc1cccc(CNC(=O)Cn2cc(C(=O)O)nn2)c1. The third-order valence-electron chi connectivity index (χ3n) is 3.81. The Bertz CT molecular complexity index is 802. The number of aromatic nitrogens is 3. The van der Waals surface area contributed by atoms with Gasteiger partial charge in [-0.1, -0.05) is 31.2 Å². The molecule has 1 unspecified atom stereocenters. The van der Waals surface area contributed by atoms with Crippen LogP contribution in [0.2, 0.25) is 0 Å². The van der Waals surface area contributed by atoms with Gasteiger partial charge in [0.25, 0.3) is 0 Å². The molecule has 3 N–H and O–H groups in total. The molecule has 1 heterocycles. The Morgan fingerprint density at radius 1 is 1.31 bits per heavy atom. The van der Waals surface area contributed by atoms with E-state index in [0.29, 0.717) is 5.69 Å². The Labute approximate surface area is 150 Å². The van der Waals surface area contributed by atoms with E-state index in [2.05, 4.69) is 20.9 Å². The standard InChI is InChI=1S/C17H21N5O4/c1-3-11(2)16(24)19-13-6-4-5-12(7-13)8-18-15(23)10-22-9-14(17(25)26)20-21-22/h4-7,9,11H,3,8,10H2,1-2H3,(H,18,23)(H,19,24)(H,25,26). The lowest BCUT2D eigenvalue weighted by Crippen LogP contribution is -2.27. The van der Waals surface area contributed by atoms with E-state index in [1.165, 1.54) is 6.20 Å². The van der Waals surface area contributed by atoms with E-state index in [9.17, 15) is 14.4 Å². The van der Waals surface area contributed by atoms with Gasteiger partial charge in [-0.2, -0.15) is 0 Å². The zero-order valence-electron chi connectivity index (χ0n) is 14.6. The molecule has 0 aliphatic rings. The predicted octanol–water partition coefficient (Wildman–Crippen LogP) is 1.28. The number of nitrogens with zero attached hydrogens (tertiary/aromatic N) is 3. The highest BCUT2D eigenvalue weighted by molar-refractivity contribution is 5.92. The second kappa shape index (κ2) is 8.75. The molecule has 0 bridgehead atoms. The number of aromatic carboxylic acids is 1. The Balaban J connectivity index is 1.88. The van der Waals surface area contributed by atoms with Gasteiger partial charge in [0, 0.05) is 18.2 Å². The number of hydrogen-bond acceptors (Lipinski definition) is 5. The van der Waals surface area contributed by atoms with Crippen molar-refractivity contribution in [2.24, 2.45) is 5.92 Å². The first-order valence-corrected chi connectivity index (χ1v) is 8.19. The molecule has 2 rings (SSSR count). The maximum Gasteiger partial charge on any atom is 0.358 e. The van der Waals surface area contributed by atoms with Gasteiger partial charge in [0.2, 0.25) is 11.8 Å². The van der Waals surface area contributed by atoms with Crippen LogP contribution >= 0.6 is 0 Å². The summed E-state index contributed by atoms with van der Waals surface area (Å²) in [6.45, 7) is 3.95. The van der Waals surface area contributed by atoms with E-state index in [-0.39, 0.29) is 36.5 Å². The minimum Gasteiger partial charge on any atom is -0.476 e. The highest BCUT2D eigenvalue weighted by Gasteiger charge is 2.12. The third kappa shape index (κ3) is 5.40. The minimum absolute atomic E-state index is 0.0471. The molecule has 9 heteroatoms. The normalized spacial score (nSPS) is 11.6. The summed E-state index contributed by atoms with van der Waals surface area (Å²) in [5.74, 6) is -1.65. The molecule has 138 valence electrons. The average Bonchev–Trinajstić information content (AvgIpc) is 3.08. The average molecular weight is 359 g/mol. The topological polar surface area (TPSA) is 126 Å². The second-order valence-corrected chi connectivity index (χ2v) is 5.88. The number of amides is 2. The van der Waals surface area contributed by atoms with Crippen molar-refractivity contribution in [2.45, 2.75) is 33.4 Å². The van der Waals surface area contributed by atoms with Crippen molar-refractivity contribution in [3.63, 3.8) is 0 Å². The molecule has 1 aromatic carbocycles. The summed E-state index contributed by atoms with van der Waals surface area (Å²) in [6.07, 6.45) is 1.94. The van der Waals surface area contributed by atoms with Crippen molar-refractivity contribution in [3.05, 3.63) is 41.7 Å². The number of rotatable bonds is 8. The summed E-state index contributed by atoms with van der Waals surface area (Å²) in [5, 5.41) is 21.4. The van der Waals surface area contributed by atoms with Crippen LogP contribution in [0.3, 0.4) is 0 Å². The lowest BCUT2D eigenvalue weighted by atomic mass is 10.1. The molecule has 9 nitrogen and oxygen atoms in total. The van der Waals surface area contributed by atoms with E-state index in [4.69, 9.17) is 5.11 Å². The van der Waals surface area contributed by atoms with Crippen molar-refractivity contribution in [1.82, 2.24) is 20.3 Å². The first-order valence-electron chi connectivity index (χ1n) is 8.19. The van der Waals surface area contributed by atoms with Gasteiger partial charge in [-0.25, -0.2) is 9.48 Å². The molecule has 2 aromatic rings. The van der Waals surface area contributed by atoms with Gasteiger partial charge in [-0.3, -0.25) is 9.59 Å². The molecular formula is C17H21N5O4. The molecule has 0 aliphatic carbocycles. The maximum atomic E-state index is 11.9. The minimum atomic E-state index is -1.20. The van der Waals surface area contributed by atoms with Crippen molar-refractivity contribution >= 4 is 23.5 Å². The van der Waals surface area contributed by atoms with Gasteiger partial charge in [0.05, 0.1) is 6.20 Å². The Morgan fingerprint density at radius 3 is 2.73 bits per heavy atom. The van der Waals surface area contributed by atoms with Crippen LogP contribution in [0.25, 0.3) is 0 Å². The lowest BCUT2D eigenvalue weighted by molar-refractivity contribution is -0.122. The van der Waals surface area contributed by atoms with Crippen molar-refractivity contribution in [3.8, 4) is 0 Å². The molecule has 2 amide bonds. The molecule has 1 atom stereocenters. The van der Waals surface area contributed by atoms with Crippen LogP contribution < -0.4 is 10.6 Å².